The van der Waals surface area contributed by atoms with Gasteiger partial charge in [-0.15, -0.1) is 0 Å². The molecule has 0 atom stereocenters. The minimum Gasteiger partial charge on any atom is -0.497 e. The Bertz CT molecular complexity index is 2620. The van der Waals surface area contributed by atoms with Crippen molar-refractivity contribution in [2.45, 2.75) is 38.9 Å². The van der Waals surface area contributed by atoms with E-state index in [-0.39, 0.29) is 0 Å². The predicted octanol–water partition coefficient (Wildman–Crippen LogP) is 15.2. The zero-order chi connectivity index (χ0) is 46.9. The summed E-state index contributed by atoms with van der Waals surface area (Å²) in [6.45, 7) is 10.2. The molecule has 0 radical (unpaired) electrons. The molecule has 0 aliphatic rings. The van der Waals surface area contributed by atoms with Crippen LogP contribution in [0.5, 0.6) is 11.5 Å². The Balaban J connectivity index is 0.906. The van der Waals surface area contributed by atoms with Crippen LogP contribution in [-0.4, -0.2) is 27.4 Å². The number of methoxy groups -OCH3 is 2. The van der Waals surface area contributed by atoms with E-state index in [9.17, 15) is 0 Å². The molecular formula is C62H60N2O4. The molecule has 0 bridgehead atoms. The summed E-state index contributed by atoms with van der Waals surface area (Å²) < 4.78 is 23.3. The Morgan fingerprint density at radius 1 is 0.353 bits per heavy atom. The van der Waals surface area contributed by atoms with Gasteiger partial charge in [-0.05, 0) is 143 Å². The number of ether oxygens (including phenoxy) is 4. The highest BCUT2D eigenvalue weighted by Crippen LogP contribution is 2.38. The lowest BCUT2D eigenvalue weighted by molar-refractivity contribution is 0.124. The Kier molecular flexibility index (Phi) is 16.3. The zero-order valence-electron chi connectivity index (χ0n) is 39.2. The minimum absolute atomic E-state index is 0.591. The van der Waals surface area contributed by atoms with Crippen molar-refractivity contribution in [3.8, 4) is 11.5 Å². The summed E-state index contributed by atoms with van der Waals surface area (Å²) in [7, 11) is 3.42. The van der Waals surface area contributed by atoms with Crippen molar-refractivity contribution in [1.82, 2.24) is 0 Å². The van der Waals surface area contributed by atoms with Gasteiger partial charge in [0, 0.05) is 46.3 Å². The largest absolute Gasteiger partial charge is 0.497 e. The van der Waals surface area contributed by atoms with Gasteiger partial charge in [0.15, 0.2) is 0 Å². The van der Waals surface area contributed by atoms with Crippen LogP contribution in [0.2, 0.25) is 0 Å². The van der Waals surface area contributed by atoms with Gasteiger partial charge >= 0.3 is 0 Å². The summed E-state index contributed by atoms with van der Waals surface area (Å²) in [4.78, 5) is 4.56. The molecule has 0 N–H and O–H groups in total. The monoisotopic (exact) mass is 896 g/mol. The van der Waals surface area contributed by atoms with Crippen LogP contribution in [-0.2, 0) is 48.4 Å². The van der Waals surface area contributed by atoms with Gasteiger partial charge in [0.05, 0.1) is 40.6 Å². The maximum atomic E-state index is 6.02. The quantitative estimate of drug-likeness (QED) is 0.0596. The molecule has 342 valence electrons. The normalized spacial score (nSPS) is 10.9. The molecule has 0 aromatic heterocycles. The second-order valence-corrected chi connectivity index (χ2v) is 16.7. The van der Waals surface area contributed by atoms with Crippen molar-refractivity contribution in [2.75, 3.05) is 37.2 Å². The smallest absolute Gasteiger partial charge is 0.120 e. The van der Waals surface area contributed by atoms with E-state index in [0.29, 0.717) is 26.4 Å². The fourth-order valence-electron chi connectivity index (χ4n) is 8.19. The van der Waals surface area contributed by atoms with Gasteiger partial charge in [-0.1, -0.05) is 135 Å². The lowest BCUT2D eigenvalue weighted by Gasteiger charge is -2.26. The maximum absolute atomic E-state index is 6.02. The fourth-order valence-corrected chi connectivity index (χ4v) is 8.19. The zero-order valence-corrected chi connectivity index (χ0v) is 39.2. The van der Waals surface area contributed by atoms with Crippen molar-refractivity contribution in [3.05, 3.63) is 252 Å². The average molecular weight is 897 g/mol. The summed E-state index contributed by atoms with van der Waals surface area (Å²) in [6, 6.07) is 68.5. The SMILES string of the molecule is C=Cc1ccc(COCCc2ccc(N(c3ccc(CCc4ccc(N(c5ccc(CCOCc6ccc(C=C)cc6)cc5)c5cccc(OC)c5)cc4)cc3)c3cccc(OC)c3)cc2)cc1. The first-order valence-corrected chi connectivity index (χ1v) is 23.3. The minimum atomic E-state index is 0.591. The van der Waals surface area contributed by atoms with Gasteiger partial charge in [-0.2, -0.15) is 0 Å². The third-order valence-corrected chi connectivity index (χ3v) is 12.1. The van der Waals surface area contributed by atoms with Crippen LogP contribution in [0.1, 0.15) is 44.5 Å². The van der Waals surface area contributed by atoms with Gasteiger partial charge in [0.25, 0.3) is 0 Å². The van der Waals surface area contributed by atoms with Crippen molar-refractivity contribution >= 4 is 46.3 Å². The fraction of sp³-hybridized carbons (Fsp3) is 0.161. The highest BCUT2D eigenvalue weighted by atomic mass is 16.5. The van der Waals surface area contributed by atoms with Crippen molar-refractivity contribution < 1.29 is 18.9 Å². The Morgan fingerprint density at radius 3 is 0.971 bits per heavy atom. The molecule has 8 aromatic carbocycles. The molecule has 0 spiro atoms. The van der Waals surface area contributed by atoms with Crippen LogP contribution in [0.3, 0.4) is 0 Å². The lowest BCUT2D eigenvalue weighted by Crippen LogP contribution is -2.10. The molecule has 68 heavy (non-hydrogen) atoms. The van der Waals surface area contributed by atoms with Gasteiger partial charge < -0.3 is 28.7 Å². The molecule has 0 saturated heterocycles. The van der Waals surface area contributed by atoms with Crippen LogP contribution in [0.25, 0.3) is 12.2 Å². The number of anilines is 6. The van der Waals surface area contributed by atoms with E-state index < -0.39 is 0 Å². The van der Waals surface area contributed by atoms with Gasteiger partial charge in [0.2, 0.25) is 0 Å². The summed E-state index contributed by atoms with van der Waals surface area (Å²) >= 11 is 0. The molecular weight excluding hydrogens is 837 g/mol. The number of hydrogen-bond acceptors (Lipinski definition) is 6. The van der Waals surface area contributed by atoms with E-state index in [1.165, 1.54) is 22.3 Å². The summed E-state index contributed by atoms with van der Waals surface area (Å²) in [6.07, 6.45) is 7.21. The second-order valence-electron chi connectivity index (χ2n) is 16.7. The number of aryl methyl sites for hydroxylation is 2. The first kappa shape index (κ1) is 46.9. The summed E-state index contributed by atoms with van der Waals surface area (Å²) in [5, 5.41) is 0. The third kappa shape index (κ3) is 12.6. The van der Waals surface area contributed by atoms with E-state index in [0.717, 1.165) is 93.6 Å². The lowest BCUT2D eigenvalue weighted by atomic mass is 10.0. The first-order valence-electron chi connectivity index (χ1n) is 23.3. The van der Waals surface area contributed by atoms with Crippen molar-refractivity contribution in [1.29, 1.82) is 0 Å². The highest BCUT2D eigenvalue weighted by Gasteiger charge is 2.16. The van der Waals surface area contributed by atoms with Crippen LogP contribution in [0.4, 0.5) is 34.1 Å². The summed E-state index contributed by atoms with van der Waals surface area (Å²) in [5.41, 5.74) is 15.9. The topological polar surface area (TPSA) is 43.4 Å². The first-order chi connectivity index (χ1) is 33.5. The maximum Gasteiger partial charge on any atom is 0.120 e. The van der Waals surface area contributed by atoms with Crippen molar-refractivity contribution in [3.63, 3.8) is 0 Å². The molecule has 0 aliphatic carbocycles. The Labute approximate surface area is 403 Å². The number of rotatable bonds is 23. The molecule has 0 amide bonds. The van der Waals surface area contributed by atoms with E-state index in [1.807, 2.05) is 36.4 Å². The number of benzene rings is 8. The molecule has 0 fully saturated rings. The molecule has 6 nitrogen and oxygen atoms in total. The molecule has 0 aliphatic heterocycles. The Hall–Kier alpha value is -7.64. The molecule has 0 saturated carbocycles. The molecule has 0 heterocycles. The van der Waals surface area contributed by atoms with Crippen LogP contribution >= 0.6 is 0 Å². The van der Waals surface area contributed by atoms with E-state index >= 15 is 0 Å². The number of nitrogens with zero attached hydrogens (tertiary/aromatic N) is 2. The van der Waals surface area contributed by atoms with Gasteiger partial charge in [-0.3, -0.25) is 0 Å². The highest BCUT2D eigenvalue weighted by molar-refractivity contribution is 5.78. The van der Waals surface area contributed by atoms with Crippen molar-refractivity contribution in [2.24, 2.45) is 0 Å². The van der Waals surface area contributed by atoms with E-state index in [4.69, 9.17) is 18.9 Å². The third-order valence-electron chi connectivity index (χ3n) is 12.1. The molecule has 6 heteroatoms. The average Bonchev–Trinajstić information content (AvgIpc) is 3.40. The van der Waals surface area contributed by atoms with E-state index in [1.54, 1.807) is 14.2 Å². The van der Waals surface area contributed by atoms with Gasteiger partial charge in [0.1, 0.15) is 11.5 Å². The predicted molar refractivity (Wildman–Crippen MR) is 283 cm³/mol. The standard InChI is InChI=1S/C62H60N2O4/c1-5-47-13-19-53(20-14-47)45-67-41-39-51-27-35-57(36-28-51)63(59-9-7-11-61(43-59)65-3)55-31-23-49(24-32-55)17-18-50-25-33-56(34-26-50)64(60-10-8-12-62(44-60)66-4)58-37-29-52(30-38-58)40-42-68-46-54-21-15-48(6-2)16-22-54/h5-16,19-38,43-44H,1-2,17-18,39-42,45-46H2,3-4H3. The van der Waals surface area contributed by atoms with Crippen LogP contribution in [0.15, 0.2) is 207 Å². The summed E-state index contributed by atoms with van der Waals surface area (Å²) in [5.74, 6) is 1.62. The molecule has 8 rings (SSSR count). The number of hydrogen-bond donors (Lipinski definition) is 0. The second kappa shape index (κ2) is 23.7. The van der Waals surface area contributed by atoms with E-state index in [2.05, 4.69) is 193 Å². The molecule has 8 aromatic rings. The Morgan fingerprint density at radius 2 is 0.662 bits per heavy atom. The van der Waals surface area contributed by atoms with Gasteiger partial charge in [-0.25, -0.2) is 0 Å². The van der Waals surface area contributed by atoms with Crippen LogP contribution in [0, 0.1) is 0 Å². The van der Waals surface area contributed by atoms with Crippen LogP contribution < -0.4 is 19.3 Å². The molecule has 0 unspecified atom stereocenters.